The van der Waals surface area contributed by atoms with E-state index in [0.717, 1.165) is 28.7 Å². The van der Waals surface area contributed by atoms with Gasteiger partial charge >= 0.3 is 0 Å². The molecule has 43 heavy (non-hydrogen) atoms. The van der Waals surface area contributed by atoms with Crippen LogP contribution in [0.25, 0.3) is 0 Å². The van der Waals surface area contributed by atoms with E-state index in [0.29, 0.717) is 39.0 Å². The van der Waals surface area contributed by atoms with Crippen molar-refractivity contribution >= 4 is 0 Å². The van der Waals surface area contributed by atoms with Crippen LogP contribution in [0.5, 0.6) is 0 Å². The van der Waals surface area contributed by atoms with Gasteiger partial charge in [-0.2, -0.15) is 0 Å². The van der Waals surface area contributed by atoms with Crippen LogP contribution >= 0.6 is 0 Å². The Hall–Kier alpha value is -3.32. The summed E-state index contributed by atoms with van der Waals surface area (Å²) in [6.45, 7) is 6.69. The molecule has 1 fully saturated rings. The summed E-state index contributed by atoms with van der Waals surface area (Å²) >= 11 is 0. The summed E-state index contributed by atoms with van der Waals surface area (Å²) in [5, 5.41) is 0. The second-order valence-corrected chi connectivity index (χ2v) is 11.6. The normalized spacial score (nSPS) is 22.1. The highest BCUT2D eigenvalue weighted by Crippen LogP contribution is 2.33. The van der Waals surface area contributed by atoms with Gasteiger partial charge in [-0.15, -0.1) is 0 Å². The number of hydrogen-bond donors (Lipinski definition) is 0. The van der Waals surface area contributed by atoms with E-state index in [-0.39, 0.29) is 24.4 Å². The van der Waals surface area contributed by atoms with Gasteiger partial charge in [-0.25, -0.2) is 0 Å². The summed E-state index contributed by atoms with van der Waals surface area (Å²) in [5.74, 6) is 0.412. The van der Waals surface area contributed by atoms with Gasteiger partial charge in [0.05, 0.1) is 39.1 Å². The molecule has 1 aliphatic heterocycles. The summed E-state index contributed by atoms with van der Waals surface area (Å²) in [4.78, 5) is 0. The van der Waals surface area contributed by atoms with Crippen molar-refractivity contribution in [1.82, 2.24) is 0 Å². The Morgan fingerprint density at radius 1 is 0.488 bits per heavy atom. The molecule has 0 spiro atoms. The molecular weight excluding hydrogens is 536 g/mol. The maximum absolute atomic E-state index is 6.86. The maximum Gasteiger partial charge on any atom is 0.115 e. The van der Waals surface area contributed by atoms with Gasteiger partial charge in [-0.3, -0.25) is 0 Å². The molecule has 0 radical (unpaired) electrons. The Bertz CT molecular complexity index is 1300. The molecule has 0 aliphatic carbocycles. The van der Waals surface area contributed by atoms with Crippen molar-refractivity contribution in [1.29, 1.82) is 0 Å². The third-order valence-corrected chi connectivity index (χ3v) is 7.68. The van der Waals surface area contributed by atoms with Crippen molar-refractivity contribution in [3.05, 3.63) is 144 Å². The fourth-order valence-corrected chi connectivity index (χ4v) is 5.54. The Morgan fingerprint density at radius 2 is 0.860 bits per heavy atom. The predicted molar refractivity (Wildman–Crippen MR) is 169 cm³/mol. The molecule has 226 valence electrons. The Morgan fingerprint density at radius 3 is 1.28 bits per heavy atom. The zero-order chi connectivity index (χ0) is 29.7. The van der Waals surface area contributed by atoms with Gasteiger partial charge in [0.25, 0.3) is 0 Å². The van der Waals surface area contributed by atoms with Gasteiger partial charge in [0, 0.05) is 0 Å². The highest BCUT2D eigenvalue weighted by Gasteiger charge is 2.48. The molecule has 0 N–H and O–H groups in total. The third kappa shape index (κ3) is 9.59. The van der Waals surface area contributed by atoms with E-state index in [1.165, 1.54) is 0 Å². The molecule has 0 unspecified atom stereocenters. The topological polar surface area (TPSA) is 46.2 Å². The molecular formula is C38H44O5. The minimum absolute atomic E-state index is 0.175. The Labute approximate surface area is 256 Å². The van der Waals surface area contributed by atoms with Crippen LogP contribution < -0.4 is 0 Å². The first-order valence-corrected chi connectivity index (χ1v) is 15.4. The van der Waals surface area contributed by atoms with Crippen molar-refractivity contribution in [2.24, 2.45) is 5.92 Å². The van der Waals surface area contributed by atoms with E-state index in [2.05, 4.69) is 62.4 Å². The maximum atomic E-state index is 6.86. The first kappa shape index (κ1) is 31.1. The summed E-state index contributed by atoms with van der Waals surface area (Å²) in [7, 11) is 0. The average Bonchev–Trinajstić information content (AvgIpc) is 3.04. The van der Waals surface area contributed by atoms with Crippen LogP contribution in [0.2, 0.25) is 0 Å². The number of rotatable bonds is 15. The fourth-order valence-electron chi connectivity index (χ4n) is 5.54. The largest absolute Gasteiger partial charge is 0.374 e. The van der Waals surface area contributed by atoms with Crippen LogP contribution in [-0.2, 0) is 50.1 Å². The predicted octanol–water partition coefficient (Wildman–Crippen LogP) is 7.77. The van der Waals surface area contributed by atoms with Crippen LogP contribution in [0.15, 0.2) is 121 Å². The molecule has 0 aromatic heterocycles. The summed E-state index contributed by atoms with van der Waals surface area (Å²) in [6, 6.07) is 41.0. The van der Waals surface area contributed by atoms with Gasteiger partial charge in [0.2, 0.25) is 0 Å². The third-order valence-electron chi connectivity index (χ3n) is 7.68. The van der Waals surface area contributed by atoms with E-state index in [4.69, 9.17) is 23.7 Å². The van der Waals surface area contributed by atoms with E-state index >= 15 is 0 Å². The second-order valence-electron chi connectivity index (χ2n) is 11.6. The molecule has 1 saturated heterocycles. The molecule has 4 aromatic rings. The monoisotopic (exact) mass is 580 g/mol. The number of ether oxygens (including phenoxy) is 5. The first-order chi connectivity index (χ1) is 21.2. The molecule has 4 aromatic carbocycles. The molecule has 5 atom stereocenters. The van der Waals surface area contributed by atoms with Crippen molar-refractivity contribution in [2.45, 2.75) is 77.2 Å². The lowest BCUT2D eigenvalue weighted by atomic mass is 9.89. The second kappa shape index (κ2) is 16.5. The van der Waals surface area contributed by atoms with Crippen LogP contribution in [0.1, 0.15) is 42.5 Å². The van der Waals surface area contributed by atoms with Gasteiger partial charge in [0.15, 0.2) is 0 Å². The fraction of sp³-hybridized carbons (Fsp3) is 0.368. The molecule has 1 heterocycles. The zero-order valence-corrected chi connectivity index (χ0v) is 25.3. The zero-order valence-electron chi connectivity index (χ0n) is 25.3. The Kier molecular flexibility index (Phi) is 11.9. The van der Waals surface area contributed by atoms with E-state index in [1.807, 2.05) is 72.8 Å². The quantitative estimate of drug-likeness (QED) is 0.144. The summed E-state index contributed by atoms with van der Waals surface area (Å²) in [6.07, 6.45) is -0.748. The SMILES string of the molecule is CC(C)C[C@H]1O[C@H](COCc2ccccc2)[C@@H](OCc2ccccc2)[C@H](OCc2ccccc2)[C@H]1OCc1ccccc1. The minimum Gasteiger partial charge on any atom is -0.374 e. The van der Waals surface area contributed by atoms with Gasteiger partial charge in [-0.05, 0) is 34.6 Å². The molecule has 0 bridgehead atoms. The molecule has 1 aliphatic rings. The van der Waals surface area contributed by atoms with E-state index in [1.54, 1.807) is 0 Å². The smallest absolute Gasteiger partial charge is 0.115 e. The van der Waals surface area contributed by atoms with Crippen molar-refractivity contribution in [2.75, 3.05) is 6.61 Å². The molecule has 5 heteroatoms. The van der Waals surface area contributed by atoms with E-state index < -0.39 is 6.10 Å². The standard InChI is InChI=1S/C38H44O5/c1-29(2)23-34-36(40-25-31-17-9-4-10-18-31)38(42-27-33-21-13-6-14-22-33)37(41-26-32-19-11-5-12-20-32)35(43-34)28-39-24-30-15-7-3-8-16-30/h3-22,29,34-38H,23-28H2,1-2H3/t34-,35-,36+,37-,38-/m1/s1. The minimum atomic E-state index is -0.399. The van der Waals surface area contributed by atoms with Gasteiger partial charge in [-0.1, -0.05) is 135 Å². The lowest BCUT2D eigenvalue weighted by Crippen LogP contribution is -2.61. The number of hydrogen-bond acceptors (Lipinski definition) is 5. The van der Waals surface area contributed by atoms with Crippen LogP contribution in [-0.4, -0.2) is 37.1 Å². The average molecular weight is 581 g/mol. The molecule has 5 rings (SSSR count). The van der Waals surface area contributed by atoms with Crippen molar-refractivity contribution in [3.8, 4) is 0 Å². The summed E-state index contributed by atoms with van der Waals surface area (Å²) in [5.41, 5.74) is 4.44. The number of benzene rings is 4. The van der Waals surface area contributed by atoms with Crippen LogP contribution in [0.4, 0.5) is 0 Å². The lowest BCUT2D eigenvalue weighted by molar-refractivity contribution is -0.274. The lowest BCUT2D eigenvalue weighted by Gasteiger charge is -2.47. The van der Waals surface area contributed by atoms with Gasteiger partial charge in [0.1, 0.15) is 24.4 Å². The molecule has 5 nitrogen and oxygen atoms in total. The first-order valence-electron chi connectivity index (χ1n) is 15.4. The molecule has 0 amide bonds. The summed E-state index contributed by atoms with van der Waals surface area (Å²) < 4.78 is 33.4. The van der Waals surface area contributed by atoms with Crippen LogP contribution in [0.3, 0.4) is 0 Å². The van der Waals surface area contributed by atoms with Crippen molar-refractivity contribution < 1.29 is 23.7 Å². The highest BCUT2D eigenvalue weighted by atomic mass is 16.6. The van der Waals surface area contributed by atoms with Gasteiger partial charge < -0.3 is 23.7 Å². The molecule has 0 saturated carbocycles. The Balaban J connectivity index is 1.42. The van der Waals surface area contributed by atoms with Crippen molar-refractivity contribution in [3.63, 3.8) is 0 Å². The van der Waals surface area contributed by atoms with Crippen LogP contribution in [0, 0.1) is 5.92 Å². The highest BCUT2D eigenvalue weighted by molar-refractivity contribution is 5.16. The van der Waals surface area contributed by atoms with E-state index in [9.17, 15) is 0 Å².